The Balaban J connectivity index is 2.17. The van der Waals surface area contributed by atoms with E-state index in [-0.39, 0.29) is 0 Å². The molecule has 0 amide bonds. The average Bonchev–Trinajstić information content (AvgIpc) is 2.30. The summed E-state index contributed by atoms with van der Waals surface area (Å²) in [6.07, 6.45) is 1.86. The maximum atomic E-state index is 5.37. The van der Waals surface area contributed by atoms with E-state index in [1.165, 1.54) is 5.69 Å². The Morgan fingerprint density at radius 3 is 2.81 bits per heavy atom. The molecule has 1 fully saturated rings. The summed E-state index contributed by atoms with van der Waals surface area (Å²) in [5.41, 5.74) is 2.40. The highest BCUT2D eigenvalue weighted by Crippen LogP contribution is 2.20. The van der Waals surface area contributed by atoms with Crippen LogP contribution in [0.5, 0.6) is 0 Å². The molecule has 0 saturated carbocycles. The van der Waals surface area contributed by atoms with Crippen molar-refractivity contribution >= 4 is 5.69 Å². The monoisotopic (exact) mass is 221 g/mol. The number of pyridine rings is 1. The van der Waals surface area contributed by atoms with Crippen molar-refractivity contribution in [2.45, 2.75) is 6.54 Å². The van der Waals surface area contributed by atoms with Crippen molar-refractivity contribution in [3.05, 3.63) is 24.0 Å². The molecular formula is C12H19N3O. The van der Waals surface area contributed by atoms with Crippen molar-refractivity contribution < 1.29 is 4.74 Å². The molecule has 0 unspecified atom stereocenters. The molecule has 0 N–H and O–H groups in total. The van der Waals surface area contributed by atoms with Gasteiger partial charge < -0.3 is 14.5 Å². The molecule has 0 radical (unpaired) electrons. The number of anilines is 1. The van der Waals surface area contributed by atoms with Crippen LogP contribution in [0.15, 0.2) is 18.3 Å². The van der Waals surface area contributed by atoms with Crippen molar-refractivity contribution in [1.82, 2.24) is 9.88 Å². The van der Waals surface area contributed by atoms with Gasteiger partial charge in [0.15, 0.2) is 0 Å². The van der Waals surface area contributed by atoms with E-state index in [1.54, 1.807) is 0 Å². The number of hydrogen-bond donors (Lipinski definition) is 0. The van der Waals surface area contributed by atoms with Gasteiger partial charge in [-0.15, -0.1) is 0 Å². The normalized spacial score (nSPS) is 16.8. The summed E-state index contributed by atoms with van der Waals surface area (Å²) in [7, 11) is 4.13. The lowest BCUT2D eigenvalue weighted by Crippen LogP contribution is -2.37. The smallest absolute Gasteiger partial charge is 0.0776 e. The first-order valence-electron chi connectivity index (χ1n) is 5.68. The highest BCUT2D eigenvalue weighted by Gasteiger charge is 2.15. The minimum Gasteiger partial charge on any atom is -0.378 e. The first-order valence-corrected chi connectivity index (χ1v) is 5.68. The van der Waals surface area contributed by atoms with E-state index < -0.39 is 0 Å². The van der Waals surface area contributed by atoms with Crippen LogP contribution in [-0.4, -0.2) is 50.3 Å². The van der Waals surface area contributed by atoms with Gasteiger partial charge in [-0.2, -0.15) is 0 Å². The van der Waals surface area contributed by atoms with Crippen LogP contribution in [0.2, 0.25) is 0 Å². The fourth-order valence-corrected chi connectivity index (χ4v) is 1.94. The van der Waals surface area contributed by atoms with Crippen LogP contribution in [0.25, 0.3) is 0 Å². The average molecular weight is 221 g/mol. The minimum atomic E-state index is 0.816. The summed E-state index contributed by atoms with van der Waals surface area (Å²) in [5.74, 6) is 0. The van der Waals surface area contributed by atoms with Crippen molar-refractivity contribution in [1.29, 1.82) is 0 Å². The Morgan fingerprint density at radius 1 is 1.38 bits per heavy atom. The molecule has 1 aromatic rings. The molecule has 2 rings (SSSR count). The molecule has 0 aliphatic carbocycles. The van der Waals surface area contributed by atoms with Gasteiger partial charge in [0.2, 0.25) is 0 Å². The minimum absolute atomic E-state index is 0.816. The van der Waals surface area contributed by atoms with Gasteiger partial charge in [-0.25, -0.2) is 0 Å². The molecule has 1 aliphatic heterocycles. The molecule has 0 aromatic carbocycles. The fraction of sp³-hybridized carbons (Fsp3) is 0.583. The van der Waals surface area contributed by atoms with Crippen LogP contribution in [0.1, 0.15) is 5.69 Å². The zero-order valence-corrected chi connectivity index (χ0v) is 10.0. The Hall–Kier alpha value is -1.13. The van der Waals surface area contributed by atoms with Crippen molar-refractivity contribution in [2.24, 2.45) is 0 Å². The molecule has 1 saturated heterocycles. The summed E-state index contributed by atoms with van der Waals surface area (Å²) < 4.78 is 5.37. The lowest BCUT2D eigenvalue weighted by atomic mass is 10.2. The molecule has 0 spiro atoms. The third-order valence-corrected chi connectivity index (χ3v) is 2.68. The maximum absolute atomic E-state index is 5.37. The predicted octanol–water partition coefficient (Wildman–Crippen LogP) is 0.980. The van der Waals surface area contributed by atoms with Crippen LogP contribution >= 0.6 is 0 Å². The van der Waals surface area contributed by atoms with Gasteiger partial charge >= 0.3 is 0 Å². The fourth-order valence-electron chi connectivity index (χ4n) is 1.94. The Labute approximate surface area is 96.8 Å². The quantitative estimate of drug-likeness (QED) is 0.760. The van der Waals surface area contributed by atoms with Crippen LogP contribution in [0.3, 0.4) is 0 Å². The molecular weight excluding hydrogens is 202 g/mol. The summed E-state index contributed by atoms with van der Waals surface area (Å²) in [6.45, 7) is 4.44. The molecule has 4 nitrogen and oxygen atoms in total. The van der Waals surface area contributed by atoms with E-state index in [9.17, 15) is 0 Å². The van der Waals surface area contributed by atoms with Crippen LogP contribution in [0.4, 0.5) is 5.69 Å². The van der Waals surface area contributed by atoms with Gasteiger partial charge in [-0.05, 0) is 26.2 Å². The summed E-state index contributed by atoms with van der Waals surface area (Å²) in [5, 5.41) is 0. The topological polar surface area (TPSA) is 28.6 Å². The third kappa shape index (κ3) is 2.71. The molecule has 88 valence electrons. The van der Waals surface area contributed by atoms with Crippen LogP contribution in [0, 0.1) is 0 Å². The van der Waals surface area contributed by atoms with Crippen molar-refractivity contribution in [3.8, 4) is 0 Å². The highest BCUT2D eigenvalue weighted by atomic mass is 16.5. The second-order valence-corrected chi connectivity index (χ2v) is 4.31. The van der Waals surface area contributed by atoms with Gasteiger partial charge in [0.25, 0.3) is 0 Å². The van der Waals surface area contributed by atoms with Crippen LogP contribution in [-0.2, 0) is 11.3 Å². The molecule has 1 aliphatic rings. The molecule has 4 heteroatoms. The van der Waals surface area contributed by atoms with E-state index in [2.05, 4.69) is 34.9 Å². The molecule has 2 heterocycles. The number of hydrogen-bond acceptors (Lipinski definition) is 4. The standard InChI is InChI=1S/C12H19N3O/c1-14(2)10-11-12(4-3-5-13-11)15-6-8-16-9-7-15/h3-5H,6-10H2,1-2H3. The number of nitrogens with zero attached hydrogens (tertiary/aromatic N) is 3. The molecule has 16 heavy (non-hydrogen) atoms. The highest BCUT2D eigenvalue weighted by molar-refractivity contribution is 5.50. The SMILES string of the molecule is CN(C)Cc1ncccc1N1CCOCC1. The predicted molar refractivity (Wildman–Crippen MR) is 64.7 cm³/mol. The molecule has 1 aromatic heterocycles. The second-order valence-electron chi connectivity index (χ2n) is 4.31. The largest absolute Gasteiger partial charge is 0.378 e. The Kier molecular flexibility index (Phi) is 3.74. The molecule has 0 bridgehead atoms. The van der Waals surface area contributed by atoms with Crippen molar-refractivity contribution in [3.63, 3.8) is 0 Å². The second kappa shape index (κ2) is 5.27. The van der Waals surface area contributed by atoms with Gasteiger partial charge in [-0.3, -0.25) is 4.98 Å². The number of ether oxygens (including phenoxy) is 1. The molecule has 0 atom stereocenters. The summed E-state index contributed by atoms with van der Waals surface area (Å²) in [6, 6.07) is 4.15. The van der Waals surface area contributed by atoms with Gasteiger partial charge in [-0.1, -0.05) is 0 Å². The van der Waals surface area contributed by atoms with Crippen molar-refractivity contribution in [2.75, 3.05) is 45.3 Å². The lowest BCUT2D eigenvalue weighted by molar-refractivity contribution is 0.122. The van der Waals surface area contributed by atoms with E-state index in [4.69, 9.17) is 4.74 Å². The number of rotatable bonds is 3. The number of morpholine rings is 1. The summed E-state index contributed by atoms with van der Waals surface area (Å²) >= 11 is 0. The van der Waals surface area contributed by atoms with E-state index in [1.807, 2.05) is 12.3 Å². The zero-order chi connectivity index (χ0) is 11.4. The summed E-state index contributed by atoms with van der Waals surface area (Å²) in [4.78, 5) is 8.97. The number of aromatic nitrogens is 1. The zero-order valence-electron chi connectivity index (χ0n) is 10.0. The first-order chi connectivity index (χ1) is 7.77. The van der Waals surface area contributed by atoms with Gasteiger partial charge in [0.05, 0.1) is 24.6 Å². The Morgan fingerprint density at radius 2 is 2.12 bits per heavy atom. The Bertz CT molecular complexity index is 335. The van der Waals surface area contributed by atoms with Gasteiger partial charge in [0, 0.05) is 25.8 Å². The van der Waals surface area contributed by atoms with E-state index in [0.29, 0.717) is 0 Å². The van der Waals surface area contributed by atoms with Crippen LogP contribution < -0.4 is 4.90 Å². The van der Waals surface area contributed by atoms with E-state index >= 15 is 0 Å². The lowest BCUT2D eigenvalue weighted by Gasteiger charge is -2.30. The third-order valence-electron chi connectivity index (χ3n) is 2.68. The van der Waals surface area contributed by atoms with Gasteiger partial charge in [0.1, 0.15) is 0 Å². The van der Waals surface area contributed by atoms with E-state index in [0.717, 1.165) is 38.5 Å². The first kappa shape index (κ1) is 11.4. The maximum Gasteiger partial charge on any atom is 0.0776 e.